The number of benzene rings is 2. The van der Waals surface area contributed by atoms with Crippen LogP contribution in [0.4, 0.5) is 13.2 Å². The van der Waals surface area contributed by atoms with E-state index in [2.05, 4.69) is 20.9 Å². The Balaban J connectivity index is 1.57. The number of aliphatic imine (C=N–C) groups is 1. The standard InChI is InChI=1S/C19H16BrF3N2O/c20-17-11-25(10-14-6-8-16(9-7-14)19(21,22)23)13-24-18(17)26-12-15-4-2-1-3-5-15/h1-9,11H,10,12-13H2. The van der Waals surface area contributed by atoms with Gasteiger partial charge in [0.05, 0.1) is 10.0 Å². The predicted molar refractivity (Wildman–Crippen MR) is 97.5 cm³/mol. The van der Waals surface area contributed by atoms with E-state index in [9.17, 15) is 13.2 Å². The molecule has 26 heavy (non-hydrogen) atoms. The van der Waals surface area contributed by atoms with E-state index >= 15 is 0 Å². The van der Waals surface area contributed by atoms with Gasteiger partial charge < -0.3 is 9.64 Å². The Bertz CT molecular complexity index is 802. The van der Waals surface area contributed by atoms with Crippen LogP contribution in [0.3, 0.4) is 0 Å². The van der Waals surface area contributed by atoms with Gasteiger partial charge in [0, 0.05) is 12.7 Å². The van der Waals surface area contributed by atoms with E-state index in [1.54, 1.807) is 0 Å². The fraction of sp³-hybridized carbons (Fsp3) is 0.211. The van der Waals surface area contributed by atoms with Crippen molar-refractivity contribution >= 4 is 21.8 Å². The quantitative estimate of drug-likeness (QED) is 0.662. The lowest BCUT2D eigenvalue weighted by Gasteiger charge is -2.24. The van der Waals surface area contributed by atoms with Crippen LogP contribution in [-0.4, -0.2) is 17.5 Å². The molecule has 3 nitrogen and oxygen atoms in total. The van der Waals surface area contributed by atoms with Crippen molar-refractivity contribution in [3.8, 4) is 0 Å². The maximum Gasteiger partial charge on any atom is 0.416 e. The number of halogens is 4. The summed E-state index contributed by atoms with van der Waals surface area (Å²) in [7, 11) is 0. The van der Waals surface area contributed by atoms with Gasteiger partial charge in [0.25, 0.3) is 0 Å². The van der Waals surface area contributed by atoms with Gasteiger partial charge in [-0.15, -0.1) is 0 Å². The lowest BCUT2D eigenvalue weighted by Crippen LogP contribution is -2.24. The number of alkyl halides is 3. The van der Waals surface area contributed by atoms with Crippen molar-refractivity contribution in [1.29, 1.82) is 0 Å². The zero-order valence-electron chi connectivity index (χ0n) is 13.7. The monoisotopic (exact) mass is 424 g/mol. The smallest absolute Gasteiger partial charge is 0.416 e. The minimum atomic E-state index is -4.32. The molecule has 0 fully saturated rings. The molecule has 0 bridgehead atoms. The van der Waals surface area contributed by atoms with Crippen molar-refractivity contribution in [1.82, 2.24) is 4.90 Å². The van der Waals surface area contributed by atoms with E-state index in [-0.39, 0.29) is 0 Å². The molecule has 0 spiro atoms. The molecule has 136 valence electrons. The lowest BCUT2D eigenvalue weighted by molar-refractivity contribution is -0.137. The average Bonchev–Trinajstić information content (AvgIpc) is 2.62. The van der Waals surface area contributed by atoms with Gasteiger partial charge >= 0.3 is 6.18 Å². The molecule has 3 rings (SSSR count). The first-order valence-corrected chi connectivity index (χ1v) is 8.70. The topological polar surface area (TPSA) is 24.8 Å². The van der Waals surface area contributed by atoms with Crippen molar-refractivity contribution in [2.24, 2.45) is 4.99 Å². The van der Waals surface area contributed by atoms with Crippen LogP contribution >= 0.6 is 15.9 Å². The normalized spacial score (nSPS) is 14.7. The first-order valence-electron chi connectivity index (χ1n) is 7.91. The van der Waals surface area contributed by atoms with Gasteiger partial charge in [0.2, 0.25) is 5.90 Å². The Hall–Kier alpha value is -2.28. The van der Waals surface area contributed by atoms with Gasteiger partial charge in [-0.05, 0) is 39.2 Å². The van der Waals surface area contributed by atoms with Crippen molar-refractivity contribution in [3.63, 3.8) is 0 Å². The Labute approximate surface area is 157 Å². The van der Waals surface area contributed by atoms with E-state index in [4.69, 9.17) is 4.74 Å². The van der Waals surface area contributed by atoms with Gasteiger partial charge in [0.15, 0.2) is 0 Å². The van der Waals surface area contributed by atoms with Crippen LogP contribution < -0.4 is 0 Å². The molecule has 1 aliphatic rings. The third-order valence-electron chi connectivity index (χ3n) is 3.78. The first kappa shape index (κ1) is 18.5. The summed E-state index contributed by atoms with van der Waals surface area (Å²) in [6.07, 6.45) is -2.48. The van der Waals surface area contributed by atoms with E-state index < -0.39 is 11.7 Å². The van der Waals surface area contributed by atoms with Crippen molar-refractivity contribution in [2.45, 2.75) is 19.3 Å². The van der Waals surface area contributed by atoms with Crippen LogP contribution in [0.15, 0.2) is 70.3 Å². The summed E-state index contributed by atoms with van der Waals surface area (Å²) < 4.78 is 44.2. The van der Waals surface area contributed by atoms with Crippen LogP contribution in [0.25, 0.3) is 0 Å². The number of ether oxygens (including phenoxy) is 1. The SMILES string of the molecule is FC(F)(F)c1ccc(CN2C=C(Br)C(OCc3ccccc3)=NC2)cc1. The molecular weight excluding hydrogens is 409 g/mol. The highest BCUT2D eigenvalue weighted by Gasteiger charge is 2.30. The summed E-state index contributed by atoms with van der Waals surface area (Å²) in [4.78, 5) is 6.28. The van der Waals surface area contributed by atoms with Gasteiger partial charge in [-0.3, -0.25) is 0 Å². The fourth-order valence-electron chi connectivity index (χ4n) is 2.46. The largest absolute Gasteiger partial charge is 0.472 e. The highest BCUT2D eigenvalue weighted by molar-refractivity contribution is 9.12. The molecule has 2 aromatic rings. The second-order valence-electron chi connectivity index (χ2n) is 5.80. The van der Waals surface area contributed by atoms with Crippen LogP contribution in [-0.2, 0) is 24.1 Å². The molecule has 0 aromatic heterocycles. The van der Waals surface area contributed by atoms with Gasteiger partial charge in [-0.2, -0.15) is 13.2 Å². The molecule has 0 atom stereocenters. The average molecular weight is 425 g/mol. The molecule has 0 N–H and O–H groups in total. The van der Waals surface area contributed by atoms with Crippen LogP contribution in [0.5, 0.6) is 0 Å². The molecule has 0 saturated carbocycles. The summed E-state index contributed by atoms with van der Waals surface area (Å²) in [6, 6.07) is 14.9. The minimum Gasteiger partial charge on any atom is -0.472 e. The van der Waals surface area contributed by atoms with Crippen molar-refractivity contribution in [3.05, 3.63) is 82.0 Å². The lowest BCUT2D eigenvalue weighted by atomic mass is 10.1. The molecule has 7 heteroatoms. The number of nitrogens with zero attached hydrogens (tertiary/aromatic N) is 2. The Kier molecular flexibility index (Phi) is 5.66. The summed E-state index contributed by atoms with van der Waals surface area (Å²) in [5, 5.41) is 0. The number of rotatable bonds is 4. The highest BCUT2D eigenvalue weighted by atomic mass is 79.9. The summed E-state index contributed by atoms with van der Waals surface area (Å²) in [6.45, 7) is 1.25. The molecule has 0 unspecified atom stereocenters. The highest BCUT2D eigenvalue weighted by Crippen LogP contribution is 2.29. The van der Waals surface area contributed by atoms with Crippen molar-refractivity contribution < 1.29 is 17.9 Å². The fourth-order valence-corrected chi connectivity index (χ4v) is 2.99. The van der Waals surface area contributed by atoms with Gasteiger partial charge in [0.1, 0.15) is 13.3 Å². The number of hydrogen-bond acceptors (Lipinski definition) is 3. The molecule has 0 saturated heterocycles. The van der Waals surface area contributed by atoms with Crippen LogP contribution in [0.1, 0.15) is 16.7 Å². The molecule has 2 aromatic carbocycles. The molecule has 1 heterocycles. The zero-order chi connectivity index (χ0) is 18.6. The van der Waals surface area contributed by atoms with E-state index in [1.807, 2.05) is 41.4 Å². The first-order chi connectivity index (χ1) is 12.4. The maximum absolute atomic E-state index is 12.6. The minimum absolute atomic E-state index is 0.375. The number of hydrogen-bond donors (Lipinski definition) is 0. The molecule has 0 amide bonds. The molecular formula is C19H16BrF3N2O. The second kappa shape index (κ2) is 7.95. The second-order valence-corrected chi connectivity index (χ2v) is 6.65. The summed E-state index contributed by atoms with van der Waals surface area (Å²) in [5.74, 6) is 0.512. The zero-order valence-corrected chi connectivity index (χ0v) is 15.3. The van der Waals surface area contributed by atoms with E-state index in [0.29, 0.717) is 30.2 Å². The van der Waals surface area contributed by atoms with Gasteiger partial charge in [-0.1, -0.05) is 42.5 Å². The third kappa shape index (κ3) is 4.88. The molecule has 0 aliphatic carbocycles. The third-order valence-corrected chi connectivity index (χ3v) is 4.33. The Morgan fingerprint density at radius 3 is 2.31 bits per heavy atom. The summed E-state index contributed by atoms with van der Waals surface area (Å²) >= 11 is 3.43. The van der Waals surface area contributed by atoms with Gasteiger partial charge in [-0.25, -0.2) is 4.99 Å². The Morgan fingerprint density at radius 1 is 1.00 bits per heavy atom. The molecule has 1 aliphatic heterocycles. The van der Waals surface area contributed by atoms with Crippen LogP contribution in [0.2, 0.25) is 0 Å². The summed E-state index contributed by atoms with van der Waals surface area (Å²) in [5.41, 5.74) is 1.17. The predicted octanol–water partition coefficient (Wildman–Crippen LogP) is 5.33. The maximum atomic E-state index is 12.6. The molecule has 0 radical (unpaired) electrons. The van der Waals surface area contributed by atoms with E-state index in [1.165, 1.54) is 12.1 Å². The Morgan fingerprint density at radius 2 is 1.69 bits per heavy atom. The van der Waals surface area contributed by atoms with E-state index in [0.717, 1.165) is 23.3 Å². The van der Waals surface area contributed by atoms with Crippen molar-refractivity contribution in [2.75, 3.05) is 6.67 Å². The van der Waals surface area contributed by atoms with Crippen LogP contribution in [0, 0.1) is 0 Å².